The summed E-state index contributed by atoms with van der Waals surface area (Å²) in [5.74, 6) is 2.45. The van der Waals surface area contributed by atoms with Gasteiger partial charge in [-0.1, -0.05) is 17.7 Å². The van der Waals surface area contributed by atoms with Gasteiger partial charge in [0.15, 0.2) is 0 Å². The lowest BCUT2D eigenvalue weighted by Crippen LogP contribution is -2.02. The highest BCUT2D eigenvalue weighted by Crippen LogP contribution is 2.31. The Morgan fingerprint density at radius 3 is 2.54 bits per heavy atom. The van der Waals surface area contributed by atoms with Crippen LogP contribution in [0, 0.1) is 6.92 Å². The zero-order chi connectivity index (χ0) is 18.5. The van der Waals surface area contributed by atoms with E-state index in [0.717, 1.165) is 11.3 Å². The van der Waals surface area contributed by atoms with Gasteiger partial charge in [0.25, 0.3) is 0 Å². The van der Waals surface area contributed by atoms with Crippen LogP contribution >= 0.6 is 11.6 Å². The van der Waals surface area contributed by atoms with Crippen molar-refractivity contribution in [1.29, 1.82) is 0 Å². The van der Waals surface area contributed by atoms with E-state index in [0.29, 0.717) is 34.0 Å². The molecule has 2 N–H and O–H groups in total. The van der Waals surface area contributed by atoms with Crippen molar-refractivity contribution >= 4 is 34.7 Å². The van der Waals surface area contributed by atoms with E-state index in [-0.39, 0.29) is 0 Å². The van der Waals surface area contributed by atoms with E-state index < -0.39 is 0 Å². The van der Waals surface area contributed by atoms with E-state index in [2.05, 4.69) is 20.6 Å². The number of nitrogens with zero attached hydrogens (tertiary/aromatic N) is 2. The Morgan fingerprint density at radius 1 is 0.923 bits per heavy atom. The van der Waals surface area contributed by atoms with Gasteiger partial charge in [-0.3, -0.25) is 0 Å². The van der Waals surface area contributed by atoms with E-state index in [4.69, 9.17) is 21.1 Å². The number of ether oxygens (including phenoxy) is 2. The van der Waals surface area contributed by atoms with Gasteiger partial charge in [-0.15, -0.1) is 0 Å². The summed E-state index contributed by atoms with van der Waals surface area (Å²) in [5.41, 5.74) is 2.67. The second-order valence-electron chi connectivity index (χ2n) is 5.54. The largest absolute Gasteiger partial charge is 0.497 e. The lowest BCUT2D eigenvalue weighted by Gasteiger charge is -2.13. The summed E-state index contributed by atoms with van der Waals surface area (Å²) in [4.78, 5) is 8.75. The molecule has 0 spiro atoms. The molecule has 134 valence electrons. The van der Waals surface area contributed by atoms with Crippen molar-refractivity contribution in [1.82, 2.24) is 9.97 Å². The summed E-state index contributed by atoms with van der Waals surface area (Å²) in [6, 6.07) is 12.9. The van der Waals surface area contributed by atoms with E-state index >= 15 is 0 Å². The topological polar surface area (TPSA) is 68.3 Å². The average Bonchev–Trinajstić information content (AvgIpc) is 2.65. The molecule has 0 atom stereocenters. The van der Waals surface area contributed by atoms with Crippen LogP contribution in [0.3, 0.4) is 0 Å². The summed E-state index contributed by atoms with van der Waals surface area (Å²) >= 11 is 6.07. The van der Waals surface area contributed by atoms with Gasteiger partial charge in [0.05, 0.1) is 19.9 Å². The maximum atomic E-state index is 6.07. The first-order valence-electron chi connectivity index (χ1n) is 7.94. The van der Waals surface area contributed by atoms with Gasteiger partial charge in [-0.2, -0.15) is 4.98 Å². The lowest BCUT2D eigenvalue weighted by atomic mass is 10.2. The predicted octanol–water partition coefficient (Wildman–Crippen LogP) is 4.94. The summed E-state index contributed by atoms with van der Waals surface area (Å²) < 4.78 is 10.6. The van der Waals surface area contributed by atoms with Crippen molar-refractivity contribution < 1.29 is 9.47 Å². The van der Waals surface area contributed by atoms with E-state index in [1.165, 1.54) is 0 Å². The third-order valence-electron chi connectivity index (χ3n) is 3.77. The third kappa shape index (κ3) is 4.15. The number of halogens is 1. The average molecular weight is 371 g/mol. The number of methoxy groups -OCH3 is 2. The molecule has 0 fully saturated rings. The molecule has 0 saturated heterocycles. The van der Waals surface area contributed by atoms with Gasteiger partial charge < -0.3 is 20.1 Å². The van der Waals surface area contributed by atoms with Gasteiger partial charge in [-0.25, -0.2) is 4.98 Å². The molecule has 1 heterocycles. The number of hydrogen-bond acceptors (Lipinski definition) is 6. The van der Waals surface area contributed by atoms with Crippen molar-refractivity contribution in [3.8, 4) is 11.5 Å². The smallest absolute Gasteiger partial charge is 0.229 e. The molecule has 1 aromatic heterocycles. The molecule has 7 heteroatoms. The van der Waals surface area contributed by atoms with E-state index in [1.54, 1.807) is 26.5 Å². The van der Waals surface area contributed by atoms with Crippen LogP contribution in [0.15, 0.2) is 48.7 Å². The predicted molar refractivity (Wildman–Crippen MR) is 104 cm³/mol. The zero-order valence-corrected chi connectivity index (χ0v) is 15.5. The summed E-state index contributed by atoms with van der Waals surface area (Å²) in [6.45, 7) is 2.00. The highest BCUT2D eigenvalue weighted by Gasteiger charge is 2.08. The van der Waals surface area contributed by atoms with Crippen LogP contribution < -0.4 is 20.1 Å². The van der Waals surface area contributed by atoms with E-state index in [1.807, 2.05) is 43.3 Å². The standard InChI is InChI=1S/C19H19ClN4O2/c1-12-4-5-13(20)10-15(12)22-18-8-9-21-19(24-18)23-16-11-14(25-2)6-7-17(16)26-3/h4-11H,1-3H3,(H2,21,22,23,24). The molecule has 6 nitrogen and oxygen atoms in total. The third-order valence-corrected chi connectivity index (χ3v) is 4.01. The highest BCUT2D eigenvalue weighted by molar-refractivity contribution is 6.30. The Balaban J connectivity index is 1.85. The van der Waals surface area contributed by atoms with Crippen molar-refractivity contribution in [2.24, 2.45) is 0 Å². The maximum Gasteiger partial charge on any atom is 0.229 e. The molecule has 0 saturated carbocycles. The minimum Gasteiger partial charge on any atom is -0.497 e. The fourth-order valence-electron chi connectivity index (χ4n) is 2.39. The second kappa shape index (κ2) is 7.93. The fraction of sp³-hybridized carbons (Fsp3) is 0.158. The number of aromatic nitrogens is 2. The number of benzene rings is 2. The minimum absolute atomic E-state index is 0.432. The first-order chi connectivity index (χ1) is 12.6. The molecule has 26 heavy (non-hydrogen) atoms. The molecule has 0 aliphatic carbocycles. The van der Waals surface area contributed by atoms with Crippen LogP contribution in [0.25, 0.3) is 0 Å². The van der Waals surface area contributed by atoms with E-state index in [9.17, 15) is 0 Å². The molecule has 2 aromatic carbocycles. The molecular weight excluding hydrogens is 352 g/mol. The van der Waals surface area contributed by atoms with Crippen molar-refractivity contribution in [3.63, 3.8) is 0 Å². The molecule has 0 amide bonds. The zero-order valence-electron chi connectivity index (χ0n) is 14.7. The van der Waals surface area contributed by atoms with Crippen molar-refractivity contribution in [2.75, 3.05) is 24.9 Å². The Hall–Kier alpha value is -2.99. The van der Waals surface area contributed by atoms with Crippen molar-refractivity contribution in [2.45, 2.75) is 6.92 Å². The SMILES string of the molecule is COc1ccc(OC)c(Nc2nccc(Nc3cc(Cl)ccc3C)n2)c1. The van der Waals surface area contributed by atoms with Crippen LogP contribution in [0.5, 0.6) is 11.5 Å². The lowest BCUT2D eigenvalue weighted by molar-refractivity contribution is 0.405. The van der Waals surface area contributed by atoms with Gasteiger partial charge in [-0.05, 0) is 42.8 Å². The molecular formula is C19H19ClN4O2. The van der Waals surface area contributed by atoms with Crippen LogP contribution in [0.1, 0.15) is 5.56 Å². The number of aryl methyl sites for hydroxylation is 1. The Morgan fingerprint density at radius 2 is 1.77 bits per heavy atom. The van der Waals surface area contributed by atoms with Gasteiger partial charge in [0, 0.05) is 23.0 Å². The monoisotopic (exact) mass is 370 g/mol. The molecule has 0 radical (unpaired) electrons. The number of nitrogens with one attached hydrogen (secondary N) is 2. The Labute approximate surface area is 157 Å². The maximum absolute atomic E-state index is 6.07. The number of hydrogen-bond donors (Lipinski definition) is 2. The Kier molecular flexibility index (Phi) is 5.43. The van der Waals surface area contributed by atoms with Gasteiger partial charge >= 0.3 is 0 Å². The number of rotatable bonds is 6. The normalized spacial score (nSPS) is 10.3. The van der Waals surface area contributed by atoms with Crippen LogP contribution in [0.2, 0.25) is 5.02 Å². The molecule has 0 aliphatic heterocycles. The summed E-state index contributed by atoms with van der Waals surface area (Å²) in [7, 11) is 3.22. The molecule has 0 unspecified atom stereocenters. The molecule has 3 rings (SSSR count). The first-order valence-corrected chi connectivity index (χ1v) is 8.32. The van der Waals surface area contributed by atoms with Crippen LogP contribution in [-0.4, -0.2) is 24.2 Å². The fourth-order valence-corrected chi connectivity index (χ4v) is 2.56. The quantitative estimate of drug-likeness (QED) is 0.640. The van der Waals surface area contributed by atoms with Gasteiger partial charge in [0.2, 0.25) is 5.95 Å². The minimum atomic E-state index is 0.432. The van der Waals surface area contributed by atoms with Gasteiger partial charge in [0.1, 0.15) is 17.3 Å². The molecule has 3 aromatic rings. The highest BCUT2D eigenvalue weighted by atomic mass is 35.5. The summed E-state index contributed by atoms with van der Waals surface area (Å²) in [5, 5.41) is 7.07. The summed E-state index contributed by atoms with van der Waals surface area (Å²) in [6.07, 6.45) is 1.67. The first kappa shape index (κ1) is 17.8. The van der Waals surface area contributed by atoms with Crippen LogP contribution in [-0.2, 0) is 0 Å². The second-order valence-corrected chi connectivity index (χ2v) is 5.98. The number of anilines is 4. The van der Waals surface area contributed by atoms with Crippen LogP contribution in [0.4, 0.5) is 23.1 Å². The van der Waals surface area contributed by atoms with Crippen molar-refractivity contribution in [3.05, 3.63) is 59.2 Å². The Bertz CT molecular complexity index is 918. The molecule has 0 aliphatic rings. The molecule has 0 bridgehead atoms.